The van der Waals surface area contributed by atoms with E-state index in [-0.39, 0.29) is 0 Å². The molecule has 1 fully saturated rings. The average molecular weight is 274 g/mol. The lowest BCUT2D eigenvalue weighted by molar-refractivity contribution is 0.154. The minimum atomic E-state index is 0.357. The van der Waals surface area contributed by atoms with Crippen LogP contribution in [0.3, 0.4) is 0 Å². The van der Waals surface area contributed by atoms with Crippen molar-refractivity contribution < 1.29 is 0 Å². The first-order valence-corrected chi connectivity index (χ1v) is 7.39. The van der Waals surface area contributed by atoms with E-state index in [2.05, 4.69) is 41.1 Å². The van der Waals surface area contributed by atoms with Gasteiger partial charge in [-0.3, -0.25) is 0 Å². The highest BCUT2D eigenvalue weighted by molar-refractivity contribution is 5.80. The zero-order valence-electron chi connectivity index (χ0n) is 12.3. The summed E-state index contributed by atoms with van der Waals surface area (Å²) in [5.41, 5.74) is 7.22. The molecule has 6 heteroatoms. The van der Waals surface area contributed by atoms with E-state index in [9.17, 15) is 0 Å². The molecule has 1 unspecified atom stereocenters. The van der Waals surface area contributed by atoms with Gasteiger partial charge in [0, 0.05) is 0 Å². The van der Waals surface area contributed by atoms with Crippen molar-refractivity contribution in [2.75, 3.05) is 5.73 Å². The van der Waals surface area contributed by atoms with Crippen molar-refractivity contribution in [3.8, 4) is 0 Å². The number of fused-ring (bicyclic) bond motifs is 1. The van der Waals surface area contributed by atoms with Crippen LogP contribution in [0, 0.1) is 17.8 Å². The zero-order chi connectivity index (χ0) is 14.3. The van der Waals surface area contributed by atoms with Crippen LogP contribution in [0.4, 0.5) is 5.82 Å². The summed E-state index contributed by atoms with van der Waals surface area (Å²) in [6, 6.07) is 0.357. The van der Waals surface area contributed by atoms with Gasteiger partial charge in [-0.25, -0.2) is 14.6 Å². The second-order valence-electron chi connectivity index (χ2n) is 6.33. The highest BCUT2D eigenvalue weighted by Gasteiger charge is 2.32. The quantitative estimate of drug-likeness (QED) is 0.909. The lowest BCUT2D eigenvalue weighted by Crippen LogP contribution is -2.29. The summed E-state index contributed by atoms with van der Waals surface area (Å²) in [6.45, 7) is 6.90. The Morgan fingerprint density at radius 1 is 1.30 bits per heavy atom. The van der Waals surface area contributed by atoms with Gasteiger partial charge in [0.1, 0.15) is 6.33 Å². The largest absolute Gasteiger partial charge is 0.382 e. The first-order valence-electron chi connectivity index (χ1n) is 7.39. The Morgan fingerprint density at radius 3 is 2.85 bits per heavy atom. The smallest absolute Gasteiger partial charge is 0.184 e. The highest BCUT2D eigenvalue weighted by Crippen LogP contribution is 2.40. The molecule has 2 heterocycles. The molecule has 20 heavy (non-hydrogen) atoms. The molecule has 2 aromatic heterocycles. The van der Waals surface area contributed by atoms with E-state index in [1.54, 1.807) is 0 Å². The number of nitrogens with two attached hydrogens (primary N) is 1. The van der Waals surface area contributed by atoms with E-state index in [4.69, 9.17) is 5.73 Å². The molecule has 1 saturated carbocycles. The van der Waals surface area contributed by atoms with Crippen molar-refractivity contribution >= 4 is 17.0 Å². The van der Waals surface area contributed by atoms with Crippen molar-refractivity contribution in [3.05, 3.63) is 6.33 Å². The standard InChI is InChI=1S/C14H22N6/c1-8(2)10-5-4-9(3)11(6-10)20-14-12(18-19-20)13(15)16-7-17-14/h7-11H,4-6H2,1-3H3,(H2,15,16,17)/t9-,10?,11+/m0/s1. The predicted molar refractivity (Wildman–Crippen MR) is 77.9 cm³/mol. The van der Waals surface area contributed by atoms with Gasteiger partial charge in [0.15, 0.2) is 17.0 Å². The molecule has 0 radical (unpaired) electrons. The monoisotopic (exact) mass is 274 g/mol. The Labute approximate surface area is 118 Å². The number of anilines is 1. The SMILES string of the molecule is CC(C)C1CC[C@H](C)[C@H](n2nnc3c(N)ncnc32)C1. The minimum absolute atomic E-state index is 0.357. The Bertz CT molecular complexity index is 605. The van der Waals surface area contributed by atoms with Crippen LogP contribution in [0.15, 0.2) is 6.33 Å². The molecule has 2 N–H and O–H groups in total. The third-order valence-corrected chi connectivity index (χ3v) is 4.74. The third-order valence-electron chi connectivity index (χ3n) is 4.74. The van der Waals surface area contributed by atoms with Crippen LogP contribution in [-0.4, -0.2) is 25.0 Å². The molecule has 1 aliphatic carbocycles. The van der Waals surface area contributed by atoms with E-state index in [1.807, 2.05) is 4.68 Å². The molecule has 0 aliphatic heterocycles. The maximum absolute atomic E-state index is 5.84. The maximum Gasteiger partial charge on any atom is 0.184 e. The molecule has 1 aliphatic rings. The first-order chi connectivity index (χ1) is 9.58. The fourth-order valence-electron chi connectivity index (χ4n) is 3.28. The molecular formula is C14H22N6. The van der Waals surface area contributed by atoms with Crippen molar-refractivity contribution in [1.29, 1.82) is 0 Å². The second kappa shape index (κ2) is 5.00. The molecule has 3 atom stereocenters. The molecule has 0 aromatic carbocycles. The molecule has 3 rings (SSSR count). The number of hydrogen-bond acceptors (Lipinski definition) is 5. The number of aromatic nitrogens is 5. The van der Waals surface area contributed by atoms with Gasteiger partial charge in [0.25, 0.3) is 0 Å². The van der Waals surface area contributed by atoms with Crippen molar-refractivity contribution in [2.45, 2.75) is 46.1 Å². The summed E-state index contributed by atoms with van der Waals surface area (Å²) >= 11 is 0. The highest BCUT2D eigenvalue weighted by atomic mass is 15.5. The predicted octanol–water partition coefficient (Wildman–Crippen LogP) is 2.44. The summed E-state index contributed by atoms with van der Waals surface area (Å²) < 4.78 is 1.96. The van der Waals surface area contributed by atoms with Crippen LogP contribution in [0.25, 0.3) is 11.2 Å². The molecule has 6 nitrogen and oxygen atoms in total. The average Bonchev–Trinajstić information content (AvgIpc) is 2.84. The van der Waals surface area contributed by atoms with Crippen molar-refractivity contribution in [1.82, 2.24) is 25.0 Å². The molecule has 108 valence electrons. The van der Waals surface area contributed by atoms with Crippen LogP contribution in [-0.2, 0) is 0 Å². The Balaban J connectivity index is 1.98. The molecule has 2 aromatic rings. The van der Waals surface area contributed by atoms with Gasteiger partial charge in [-0.1, -0.05) is 26.0 Å². The number of rotatable bonds is 2. The summed E-state index contributed by atoms with van der Waals surface area (Å²) in [4.78, 5) is 8.31. The fraction of sp³-hybridized carbons (Fsp3) is 0.714. The Kier molecular flexibility index (Phi) is 3.31. The van der Waals surface area contributed by atoms with Gasteiger partial charge in [0.05, 0.1) is 6.04 Å². The maximum atomic E-state index is 5.84. The summed E-state index contributed by atoms with van der Waals surface area (Å²) in [7, 11) is 0. The zero-order valence-corrected chi connectivity index (χ0v) is 12.3. The van der Waals surface area contributed by atoms with E-state index in [1.165, 1.54) is 19.2 Å². The Morgan fingerprint density at radius 2 is 2.10 bits per heavy atom. The molecule has 0 spiro atoms. The minimum Gasteiger partial charge on any atom is -0.382 e. The van der Waals surface area contributed by atoms with Gasteiger partial charge >= 0.3 is 0 Å². The van der Waals surface area contributed by atoms with E-state index >= 15 is 0 Å². The molecule has 0 saturated heterocycles. The van der Waals surface area contributed by atoms with Gasteiger partial charge in [-0.2, -0.15) is 0 Å². The van der Waals surface area contributed by atoms with Crippen LogP contribution in [0.2, 0.25) is 0 Å². The number of nitrogens with zero attached hydrogens (tertiary/aromatic N) is 5. The second-order valence-corrected chi connectivity index (χ2v) is 6.33. The van der Waals surface area contributed by atoms with E-state index < -0.39 is 0 Å². The van der Waals surface area contributed by atoms with Crippen molar-refractivity contribution in [3.63, 3.8) is 0 Å². The molecular weight excluding hydrogens is 252 g/mol. The van der Waals surface area contributed by atoms with Gasteiger partial charge in [0.2, 0.25) is 0 Å². The van der Waals surface area contributed by atoms with Crippen LogP contribution in [0.5, 0.6) is 0 Å². The summed E-state index contributed by atoms with van der Waals surface area (Å²) in [5, 5.41) is 8.47. The molecule has 0 amide bonds. The number of nitrogen functional groups attached to an aromatic ring is 1. The van der Waals surface area contributed by atoms with Gasteiger partial charge in [-0.15, -0.1) is 5.10 Å². The van der Waals surface area contributed by atoms with Crippen LogP contribution < -0.4 is 5.73 Å². The molecule has 0 bridgehead atoms. The lowest BCUT2D eigenvalue weighted by Gasteiger charge is -2.36. The van der Waals surface area contributed by atoms with E-state index in [0.717, 1.165) is 18.0 Å². The Hall–Kier alpha value is -1.72. The van der Waals surface area contributed by atoms with Crippen LogP contribution in [0.1, 0.15) is 46.1 Å². The first kappa shape index (κ1) is 13.3. The fourth-order valence-corrected chi connectivity index (χ4v) is 3.28. The van der Waals surface area contributed by atoms with E-state index in [0.29, 0.717) is 29.2 Å². The summed E-state index contributed by atoms with van der Waals surface area (Å²) in [5.74, 6) is 2.45. The van der Waals surface area contributed by atoms with Gasteiger partial charge < -0.3 is 5.73 Å². The third kappa shape index (κ3) is 2.13. The topological polar surface area (TPSA) is 82.5 Å². The number of hydrogen-bond donors (Lipinski definition) is 1. The normalized spacial score (nSPS) is 27.3. The summed E-state index contributed by atoms with van der Waals surface area (Å²) in [6.07, 6.45) is 5.17. The van der Waals surface area contributed by atoms with Crippen molar-refractivity contribution in [2.24, 2.45) is 17.8 Å². The lowest BCUT2D eigenvalue weighted by atomic mass is 9.74. The van der Waals surface area contributed by atoms with Crippen LogP contribution >= 0.6 is 0 Å². The van der Waals surface area contributed by atoms with Gasteiger partial charge in [-0.05, 0) is 37.0 Å².